The molecule has 5 nitrogen and oxygen atoms in total. The fourth-order valence-corrected chi connectivity index (χ4v) is 0.644. The van der Waals surface area contributed by atoms with Crippen LogP contribution in [0.1, 0.15) is 41.5 Å². The van der Waals surface area contributed by atoms with Gasteiger partial charge in [0.05, 0.1) is 12.2 Å². The van der Waals surface area contributed by atoms with Gasteiger partial charge < -0.3 is 5.11 Å². The molecule has 0 unspecified atom stereocenters. The summed E-state index contributed by atoms with van der Waals surface area (Å²) in [5.41, 5.74) is 0. The van der Waals surface area contributed by atoms with Crippen molar-refractivity contribution in [2.75, 3.05) is 6.54 Å². The molecular weight excluding hydrogens is 198 g/mol. The number of aliphatic carboxylic acids is 1. The summed E-state index contributed by atoms with van der Waals surface area (Å²) in [5, 5.41) is 8.94. The Bertz CT molecular complexity index is 146. The van der Waals surface area contributed by atoms with Crippen molar-refractivity contribution in [3.8, 4) is 0 Å². The molecule has 1 N–H and O–H groups in total. The van der Waals surface area contributed by atoms with Crippen molar-refractivity contribution >= 4 is 5.97 Å². The van der Waals surface area contributed by atoms with E-state index >= 15 is 0 Å². The Balaban J connectivity index is 0. The van der Waals surface area contributed by atoms with Crippen molar-refractivity contribution in [3.63, 3.8) is 0 Å². The largest absolute Gasteiger partial charge is 0.481 e. The highest BCUT2D eigenvalue weighted by Gasteiger charge is 2.07. The molecule has 0 aliphatic carbocycles. The Morgan fingerprint density at radius 3 is 1.60 bits per heavy atom. The SMILES string of the molecule is CC(=O)O.CCN(OC(C)C)OC(C)C. The predicted molar refractivity (Wildman–Crippen MR) is 58.1 cm³/mol. The van der Waals surface area contributed by atoms with Crippen LogP contribution in [0.5, 0.6) is 0 Å². The Morgan fingerprint density at radius 1 is 1.20 bits per heavy atom. The summed E-state index contributed by atoms with van der Waals surface area (Å²) in [6.45, 7) is 11.7. The van der Waals surface area contributed by atoms with Gasteiger partial charge in [0, 0.05) is 13.5 Å². The van der Waals surface area contributed by atoms with Gasteiger partial charge in [0.2, 0.25) is 0 Å². The fraction of sp³-hybridized carbons (Fsp3) is 0.900. The number of rotatable bonds is 5. The van der Waals surface area contributed by atoms with Crippen molar-refractivity contribution < 1.29 is 19.6 Å². The zero-order valence-corrected chi connectivity index (χ0v) is 10.5. The molecular formula is C10H23NO4. The summed E-state index contributed by atoms with van der Waals surface area (Å²) in [5.74, 6) is -0.833. The van der Waals surface area contributed by atoms with Crippen LogP contribution in [0.3, 0.4) is 0 Å². The van der Waals surface area contributed by atoms with Gasteiger partial charge in [-0.05, 0) is 34.6 Å². The van der Waals surface area contributed by atoms with Gasteiger partial charge in [-0.2, -0.15) is 0 Å². The molecule has 0 amide bonds. The van der Waals surface area contributed by atoms with Gasteiger partial charge >= 0.3 is 0 Å². The first-order chi connectivity index (χ1) is 6.79. The first-order valence-electron chi connectivity index (χ1n) is 5.10. The third kappa shape index (κ3) is 19.7. The molecule has 0 aromatic heterocycles. The molecule has 0 aromatic rings. The maximum Gasteiger partial charge on any atom is 0.300 e. The van der Waals surface area contributed by atoms with Gasteiger partial charge in [-0.15, -0.1) is 0 Å². The molecule has 0 atom stereocenters. The summed E-state index contributed by atoms with van der Waals surface area (Å²) in [6.07, 6.45) is 0.349. The maximum absolute atomic E-state index is 9.00. The van der Waals surface area contributed by atoms with Gasteiger partial charge in [0.25, 0.3) is 5.97 Å². The van der Waals surface area contributed by atoms with Crippen molar-refractivity contribution in [1.82, 2.24) is 5.23 Å². The molecule has 0 radical (unpaired) electrons. The molecule has 0 spiro atoms. The van der Waals surface area contributed by atoms with E-state index in [0.717, 1.165) is 13.5 Å². The second kappa shape index (κ2) is 9.89. The molecule has 0 fully saturated rings. The second-order valence-electron chi connectivity index (χ2n) is 3.48. The summed E-state index contributed by atoms with van der Waals surface area (Å²) < 4.78 is 0. The molecule has 5 heteroatoms. The summed E-state index contributed by atoms with van der Waals surface area (Å²) >= 11 is 0. The van der Waals surface area contributed by atoms with Crippen molar-refractivity contribution in [1.29, 1.82) is 0 Å². The van der Waals surface area contributed by atoms with E-state index in [9.17, 15) is 0 Å². The molecule has 0 rings (SSSR count). The summed E-state index contributed by atoms with van der Waals surface area (Å²) in [7, 11) is 0. The van der Waals surface area contributed by atoms with E-state index in [4.69, 9.17) is 19.6 Å². The minimum atomic E-state index is -0.833. The number of hydrogen-bond donors (Lipinski definition) is 1. The van der Waals surface area contributed by atoms with Crippen LogP contribution in [0.25, 0.3) is 0 Å². The lowest BCUT2D eigenvalue weighted by Gasteiger charge is -2.23. The van der Waals surface area contributed by atoms with Crippen LogP contribution in [0.15, 0.2) is 0 Å². The van der Waals surface area contributed by atoms with Crippen LogP contribution in [0.2, 0.25) is 0 Å². The van der Waals surface area contributed by atoms with E-state index in [-0.39, 0.29) is 12.2 Å². The van der Waals surface area contributed by atoms with Crippen molar-refractivity contribution in [3.05, 3.63) is 0 Å². The quantitative estimate of drug-likeness (QED) is 0.720. The standard InChI is InChI=1S/C8H19NO2.C2H4O2/c1-6-9(10-7(2)3)11-8(4)5;1-2(3)4/h7-8H,6H2,1-5H3;1H3,(H,3,4). The van der Waals surface area contributed by atoms with E-state index < -0.39 is 5.97 Å². The van der Waals surface area contributed by atoms with Gasteiger partial charge in [-0.3, -0.25) is 14.5 Å². The van der Waals surface area contributed by atoms with Crippen LogP contribution >= 0.6 is 0 Å². The molecule has 0 saturated heterocycles. The lowest BCUT2D eigenvalue weighted by atomic mass is 10.5. The Hall–Kier alpha value is -0.650. The zero-order chi connectivity index (χ0) is 12.4. The smallest absolute Gasteiger partial charge is 0.300 e. The van der Waals surface area contributed by atoms with Crippen LogP contribution in [0, 0.1) is 0 Å². The first-order valence-corrected chi connectivity index (χ1v) is 5.10. The van der Waals surface area contributed by atoms with E-state index in [1.165, 1.54) is 5.23 Å². The average Bonchev–Trinajstić information content (AvgIpc) is 2.00. The molecule has 0 saturated carbocycles. The van der Waals surface area contributed by atoms with E-state index in [2.05, 4.69) is 0 Å². The van der Waals surface area contributed by atoms with Crippen LogP contribution < -0.4 is 0 Å². The summed E-state index contributed by atoms with van der Waals surface area (Å²) in [4.78, 5) is 19.6. The topological polar surface area (TPSA) is 59.0 Å². The Morgan fingerprint density at radius 2 is 1.47 bits per heavy atom. The van der Waals surface area contributed by atoms with Crippen LogP contribution in [0.4, 0.5) is 0 Å². The number of hydrogen-bond acceptors (Lipinski definition) is 4. The Labute approximate surface area is 91.9 Å². The highest BCUT2D eigenvalue weighted by Crippen LogP contribution is 2.00. The van der Waals surface area contributed by atoms with E-state index in [1.807, 2.05) is 34.6 Å². The third-order valence-electron chi connectivity index (χ3n) is 0.915. The number of carbonyl (C=O) groups is 1. The number of carboxylic acids is 1. The van der Waals surface area contributed by atoms with Crippen molar-refractivity contribution in [2.24, 2.45) is 0 Å². The summed E-state index contributed by atoms with van der Waals surface area (Å²) in [6, 6.07) is 0. The average molecular weight is 221 g/mol. The Kier molecular flexibility index (Phi) is 11.1. The third-order valence-corrected chi connectivity index (χ3v) is 0.915. The molecule has 0 heterocycles. The molecule has 0 aromatic carbocycles. The molecule has 92 valence electrons. The van der Waals surface area contributed by atoms with Crippen molar-refractivity contribution in [2.45, 2.75) is 53.8 Å². The van der Waals surface area contributed by atoms with Gasteiger partial charge in [0.15, 0.2) is 0 Å². The maximum atomic E-state index is 9.00. The highest BCUT2D eigenvalue weighted by atomic mass is 17.0. The minimum absolute atomic E-state index is 0.175. The number of carboxylic acid groups (broad SMARTS) is 1. The predicted octanol–water partition coefficient (Wildman–Crippen LogP) is 2.08. The first kappa shape index (κ1) is 16.8. The second-order valence-corrected chi connectivity index (χ2v) is 3.48. The van der Waals surface area contributed by atoms with Gasteiger partial charge in [-0.25, -0.2) is 0 Å². The lowest BCUT2D eigenvalue weighted by molar-refractivity contribution is -0.392. The zero-order valence-electron chi connectivity index (χ0n) is 10.5. The monoisotopic (exact) mass is 221 g/mol. The molecule has 0 aliphatic rings. The molecule has 0 aliphatic heterocycles. The molecule has 15 heavy (non-hydrogen) atoms. The number of nitrogens with zero attached hydrogens (tertiary/aromatic N) is 1. The highest BCUT2D eigenvalue weighted by molar-refractivity contribution is 5.62. The van der Waals surface area contributed by atoms with E-state index in [0.29, 0.717) is 0 Å². The number of hydroxylamine groups is 2. The fourth-order valence-electron chi connectivity index (χ4n) is 0.644. The van der Waals surface area contributed by atoms with Gasteiger partial charge in [0.1, 0.15) is 0 Å². The minimum Gasteiger partial charge on any atom is -0.481 e. The van der Waals surface area contributed by atoms with Crippen LogP contribution in [-0.2, 0) is 14.5 Å². The van der Waals surface area contributed by atoms with Gasteiger partial charge in [-0.1, -0.05) is 5.23 Å². The molecule has 0 bridgehead atoms. The lowest BCUT2D eigenvalue weighted by Crippen LogP contribution is -2.30. The normalized spacial score (nSPS) is 10.5. The van der Waals surface area contributed by atoms with E-state index in [1.54, 1.807) is 0 Å². The van der Waals surface area contributed by atoms with Crippen LogP contribution in [-0.4, -0.2) is 35.1 Å².